The van der Waals surface area contributed by atoms with E-state index in [0.717, 1.165) is 11.4 Å². The lowest BCUT2D eigenvalue weighted by Gasteiger charge is -1.97. The maximum Gasteiger partial charge on any atom is 0.107 e. The van der Waals surface area contributed by atoms with Gasteiger partial charge in [0.1, 0.15) is 5.69 Å². The van der Waals surface area contributed by atoms with Crippen molar-refractivity contribution in [3.05, 3.63) is 35.1 Å². The average molecular weight is 221 g/mol. The molecule has 0 saturated carbocycles. The van der Waals surface area contributed by atoms with Crippen molar-refractivity contribution in [2.24, 2.45) is 0 Å². The number of halogens is 1. The summed E-state index contributed by atoms with van der Waals surface area (Å²) in [6.45, 7) is 4.13. The molecule has 1 N–H and O–H groups in total. The Bertz CT molecular complexity index is 462. The van der Waals surface area contributed by atoms with Crippen LogP contribution < -0.4 is 0 Å². The molecule has 0 aliphatic heterocycles. The Morgan fingerprint density at radius 2 is 2.27 bits per heavy atom. The molecule has 0 atom stereocenters. The molecule has 2 heterocycles. The first kappa shape index (κ1) is 10.2. The van der Waals surface area contributed by atoms with Crippen molar-refractivity contribution in [2.45, 2.75) is 19.8 Å². The van der Waals surface area contributed by atoms with Crippen LogP contribution in [0.25, 0.3) is 11.4 Å². The standard InChI is InChI=1S/C11H11ClN3/c1-7(2)9-6-10(15-14-9)11-8(12)4-3-5-13-11/h3-5,7H,1-2H3,(H,14,15). The van der Waals surface area contributed by atoms with E-state index in [4.69, 9.17) is 11.6 Å². The molecule has 2 aromatic rings. The zero-order valence-electron chi connectivity index (χ0n) is 8.58. The average Bonchev–Trinajstić information content (AvgIpc) is 2.67. The Morgan fingerprint density at radius 3 is 2.87 bits per heavy atom. The molecule has 0 fully saturated rings. The summed E-state index contributed by atoms with van der Waals surface area (Å²) < 4.78 is 0. The van der Waals surface area contributed by atoms with E-state index in [2.05, 4.69) is 35.1 Å². The molecular weight excluding hydrogens is 210 g/mol. The third kappa shape index (κ3) is 2.02. The van der Waals surface area contributed by atoms with Crippen LogP contribution in [-0.2, 0) is 0 Å². The van der Waals surface area contributed by atoms with E-state index >= 15 is 0 Å². The molecule has 0 aromatic carbocycles. The van der Waals surface area contributed by atoms with Gasteiger partial charge in [-0.3, -0.25) is 10.1 Å². The van der Waals surface area contributed by atoms with Crippen molar-refractivity contribution in [1.29, 1.82) is 0 Å². The van der Waals surface area contributed by atoms with E-state index < -0.39 is 0 Å². The lowest BCUT2D eigenvalue weighted by atomic mass is 10.1. The molecule has 0 unspecified atom stereocenters. The van der Waals surface area contributed by atoms with Crippen LogP contribution in [0.15, 0.2) is 18.3 Å². The predicted octanol–water partition coefficient (Wildman–Crippen LogP) is 3.05. The van der Waals surface area contributed by atoms with Crippen LogP contribution in [0.3, 0.4) is 0 Å². The second-order valence-electron chi connectivity index (χ2n) is 3.60. The van der Waals surface area contributed by atoms with Crippen LogP contribution in [-0.4, -0.2) is 15.2 Å². The van der Waals surface area contributed by atoms with Gasteiger partial charge in [-0.25, -0.2) is 0 Å². The minimum atomic E-state index is 0.345. The number of hydrogen-bond donors (Lipinski definition) is 1. The minimum Gasteiger partial charge on any atom is -0.275 e. The van der Waals surface area contributed by atoms with Crippen molar-refractivity contribution >= 4 is 11.6 Å². The highest BCUT2D eigenvalue weighted by atomic mass is 35.5. The van der Waals surface area contributed by atoms with Crippen molar-refractivity contribution in [3.8, 4) is 11.4 Å². The monoisotopic (exact) mass is 220 g/mol. The zero-order valence-corrected chi connectivity index (χ0v) is 9.34. The van der Waals surface area contributed by atoms with Gasteiger partial charge in [-0.1, -0.05) is 25.4 Å². The fourth-order valence-electron chi connectivity index (χ4n) is 1.26. The SMILES string of the molecule is CC(C)c1[c]c(-c2ncccc2Cl)[nH]n1. The topological polar surface area (TPSA) is 41.6 Å². The molecule has 15 heavy (non-hydrogen) atoms. The molecule has 0 saturated heterocycles. The van der Waals surface area contributed by atoms with Crippen molar-refractivity contribution in [1.82, 2.24) is 15.2 Å². The molecule has 0 aliphatic rings. The molecule has 3 nitrogen and oxygen atoms in total. The fourth-order valence-corrected chi connectivity index (χ4v) is 1.47. The quantitative estimate of drug-likeness (QED) is 0.845. The van der Waals surface area contributed by atoms with Crippen LogP contribution in [0.1, 0.15) is 25.5 Å². The van der Waals surface area contributed by atoms with Gasteiger partial charge in [0.05, 0.1) is 16.4 Å². The second-order valence-corrected chi connectivity index (χ2v) is 4.00. The number of nitrogens with zero attached hydrogens (tertiary/aromatic N) is 2. The maximum absolute atomic E-state index is 6.02. The molecule has 0 amide bonds. The Labute approximate surface area is 93.5 Å². The molecule has 1 radical (unpaired) electrons. The van der Waals surface area contributed by atoms with E-state index in [-0.39, 0.29) is 0 Å². The smallest absolute Gasteiger partial charge is 0.107 e. The Balaban J connectivity index is 2.42. The molecule has 4 heteroatoms. The minimum absolute atomic E-state index is 0.345. The van der Waals surface area contributed by atoms with Crippen molar-refractivity contribution in [2.75, 3.05) is 0 Å². The first-order valence-electron chi connectivity index (χ1n) is 4.77. The molecule has 2 rings (SSSR count). The van der Waals surface area contributed by atoms with E-state index in [1.165, 1.54) is 0 Å². The van der Waals surface area contributed by atoms with Crippen LogP contribution in [0.2, 0.25) is 5.02 Å². The molecule has 0 aliphatic carbocycles. The van der Waals surface area contributed by atoms with Crippen LogP contribution in [0, 0.1) is 6.07 Å². The summed E-state index contributed by atoms with van der Waals surface area (Å²) in [5.41, 5.74) is 2.33. The van der Waals surface area contributed by atoms with Crippen LogP contribution >= 0.6 is 11.6 Å². The van der Waals surface area contributed by atoms with Crippen molar-refractivity contribution < 1.29 is 0 Å². The number of hydrogen-bond acceptors (Lipinski definition) is 2. The summed E-state index contributed by atoms with van der Waals surface area (Å²) in [7, 11) is 0. The highest BCUT2D eigenvalue weighted by molar-refractivity contribution is 6.32. The molecule has 77 valence electrons. The van der Waals surface area contributed by atoms with Gasteiger partial charge in [0, 0.05) is 12.3 Å². The third-order valence-corrected chi connectivity index (χ3v) is 2.39. The Hall–Kier alpha value is -1.35. The lowest BCUT2D eigenvalue weighted by molar-refractivity contribution is 0.809. The third-order valence-electron chi connectivity index (χ3n) is 2.08. The summed E-state index contributed by atoms with van der Waals surface area (Å²) in [6, 6.07) is 6.75. The second kappa shape index (κ2) is 4.03. The highest BCUT2D eigenvalue weighted by Crippen LogP contribution is 2.24. The first-order chi connectivity index (χ1) is 7.18. The molecule has 0 bridgehead atoms. The lowest BCUT2D eigenvalue weighted by Crippen LogP contribution is -1.85. The first-order valence-corrected chi connectivity index (χ1v) is 5.14. The normalized spacial score (nSPS) is 10.9. The number of pyridine rings is 1. The predicted molar refractivity (Wildman–Crippen MR) is 59.8 cm³/mol. The summed E-state index contributed by atoms with van der Waals surface area (Å²) in [5, 5.41) is 7.65. The summed E-state index contributed by atoms with van der Waals surface area (Å²) in [5.74, 6) is 0.345. The van der Waals surface area contributed by atoms with Crippen LogP contribution in [0.5, 0.6) is 0 Å². The number of rotatable bonds is 2. The van der Waals surface area contributed by atoms with Crippen molar-refractivity contribution in [3.63, 3.8) is 0 Å². The number of aromatic nitrogens is 3. The van der Waals surface area contributed by atoms with E-state index in [1.54, 1.807) is 18.3 Å². The van der Waals surface area contributed by atoms with E-state index in [9.17, 15) is 0 Å². The number of H-pyrrole nitrogens is 1. The van der Waals surface area contributed by atoms with Gasteiger partial charge in [0.15, 0.2) is 0 Å². The highest BCUT2D eigenvalue weighted by Gasteiger charge is 2.10. The zero-order chi connectivity index (χ0) is 10.8. The Kier molecular flexibility index (Phi) is 2.73. The van der Waals surface area contributed by atoms with Gasteiger partial charge < -0.3 is 0 Å². The maximum atomic E-state index is 6.02. The largest absolute Gasteiger partial charge is 0.275 e. The molecule has 2 aromatic heterocycles. The molecule has 0 spiro atoms. The van der Waals surface area contributed by atoms with Gasteiger partial charge in [-0.05, 0) is 18.1 Å². The van der Waals surface area contributed by atoms with Gasteiger partial charge >= 0.3 is 0 Å². The summed E-state index contributed by atoms with van der Waals surface area (Å²) in [6.07, 6.45) is 1.70. The fraction of sp³-hybridized carbons (Fsp3) is 0.273. The van der Waals surface area contributed by atoms with Gasteiger partial charge in [-0.15, -0.1) is 0 Å². The Morgan fingerprint density at radius 1 is 1.47 bits per heavy atom. The summed E-state index contributed by atoms with van der Waals surface area (Å²) >= 11 is 6.02. The van der Waals surface area contributed by atoms with Gasteiger partial charge in [0.2, 0.25) is 0 Å². The van der Waals surface area contributed by atoms with Gasteiger partial charge in [-0.2, -0.15) is 5.10 Å². The summed E-state index contributed by atoms with van der Waals surface area (Å²) in [4.78, 5) is 4.19. The van der Waals surface area contributed by atoms with E-state index in [0.29, 0.717) is 16.6 Å². The number of aromatic amines is 1. The molecular formula is C11H11ClN3. The van der Waals surface area contributed by atoms with Gasteiger partial charge in [0.25, 0.3) is 0 Å². The number of nitrogens with one attached hydrogen (secondary N) is 1. The van der Waals surface area contributed by atoms with E-state index in [1.807, 2.05) is 0 Å². The van der Waals surface area contributed by atoms with Crippen LogP contribution in [0.4, 0.5) is 0 Å².